The number of esters is 1. The molecule has 0 amide bonds. The van der Waals surface area contributed by atoms with Gasteiger partial charge < -0.3 is 15.0 Å². The van der Waals surface area contributed by atoms with Gasteiger partial charge in [0.1, 0.15) is 5.82 Å². The van der Waals surface area contributed by atoms with E-state index >= 15 is 0 Å². The monoisotopic (exact) mass is 453 g/mol. The highest BCUT2D eigenvalue weighted by atomic mass is 32.2. The highest BCUT2D eigenvalue weighted by Crippen LogP contribution is 2.29. The molecular weight excluding hydrogens is 434 g/mol. The van der Waals surface area contributed by atoms with Crippen molar-refractivity contribution in [1.29, 1.82) is 0 Å². The Kier molecular flexibility index (Phi) is 6.28. The SMILES string of the molecule is CCc1ccc(Nc2nnc(SCc3nc4cc(C(=O)OC)ccc4c(=O)[nH]3)s2)cc1. The Morgan fingerprint density at radius 1 is 1.19 bits per heavy atom. The fourth-order valence-electron chi connectivity index (χ4n) is 2.90. The van der Waals surface area contributed by atoms with Gasteiger partial charge in [0, 0.05) is 5.69 Å². The first kappa shape index (κ1) is 21.0. The fraction of sp³-hybridized carbons (Fsp3) is 0.190. The Morgan fingerprint density at radius 2 is 2.00 bits per heavy atom. The van der Waals surface area contributed by atoms with Gasteiger partial charge in [0.15, 0.2) is 4.34 Å². The lowest BCUT2D eigenvalue weighted by atomic mass is 10.1. The Morgan fingerprint density at radius 3 is 2.74 bits per heavy atom. The highest BCUT2D eigenvalue weighted by Gasteiger charge is 2.11. The first-order valence-corrected chi connectivity index (χ1v) is 11.3. The van der Waals surface area contributed by atoms with Gasteiger partial charge in [-0.15, -0.1) is 10.2 Å². The lowest BCUT2D eigenvalue weighted by molar-refractivity contribution is 0.0601. The van der Waals surface area contributed by atoms with E-state index in [9.17, 15) is 9.59 Å². The van der Waals surface area contributed by atoms with Crippen molar-refractivity contribution in [3.63, 3.8) is 0 Å². The van der Waals surface area contributed by atoms with Crippen LogP contribution < -0.4 is 10.9 Å². The summed E-state index contributed by atoms with van der Waals surface area (Å²) in [7, 11) is 1.31. The number of thioether (sulfide) groups is 1. The zero-order valence-corrected chi connectivity index (χ0v) is 18.5. The molecule has 2 aromatic heterocycles. The number of fused-ring (bicyclic) bond motifs is 1. The third-order valence-corrected chi connectivity index (χ3v) is 6.51. The Balaban J connectivity index is 1.46. The van der Waals surface area contributed by atoms with Crippen LogP contribution in [0.4, 0.5) is 10.8 Å². The van der Waals surface area contributed by atoms with Crippen molar-refractivity contribution < 1.29 is 9.53 Å². The maximum Gasteiger partial charge on any atom is 0.337 e. The first-order chi connectivity index (χ1) is 15.1. The van der Waals surface area contributed by atoms with E-state index in [4.69, 9.17) is 4.74 Å². The van der Waals surface area contributed by atoms with Crippen molar-refractivity contribution >= 4 is 50.8 Å². The van der Waals surface area contributed by atoms with Crippen LogP contribution in [0.3, 0.4) is 0 Å². The number of carbonyl (C=O) groups is 1. The normalized spacial score (nSPS) is 10.9. The lowest BCUT2D eigenvalue weighted by Gasteiger charge is -2.04. The van der Waals surface area contributed by atoms with Crippen LogP contribution in [0, 0.1) is 0 Å². The Hall–Kier alpha value is -3.24. The topological polar surface area (TPSA) is 110 Å². The van der Waals surface area contributed by atoms with Gasteiger partial charge in [-0.3, -0.25) is 4.79 Å². The summed E-state index contributed by atoms with van der Waals surface area (Å²) in [6, 6.07) is 12.9. The van der Waals surface area contributed by atoms with Crippen LogP contribution >= 0.6 is 23.1 Å². The van der Waals surface area contributed by atoms with Crippen molar-refractivity contribution in [2.45, 2.75) is 23.4 Å². The summed E-state index contributed by atoms with van der Waals surface area (Å²) in [5, 5.41) is 12.7. The third-order valence-electron chi connectivity index (χ3n) is 4.53. The van der Waals surface area contributed by atoms with Gasteiger partial charge in [-0.05, 0) is 42.3 Å². The summed E-state index contributed by atoms with van der Waals surface area (Å²) in [5.74, 6) is 0.426. The van der Waals surface area contributed by atoms with Crippen LogP contribution in [0.1, 0.15) is 28.7 Å². The van der Waals surface area contributed by atoms with E-state index in [1.54, 1.807) is 18.2 Å². The molecule has 10 heteroatoms. The first-order valence-electron chi connectivity index (χ1n) is 9.49. The number of nitrogens with zero attached hydrogens (tertiary/aromatic N) is 3. The zero-order chi connectivity index (χ0) is 21.8. The van der Waals surface area contributed by atoms with Crippen LogP contribution in [0.2, 0.25) is 0 Å². The molecule has 0 aliphatic rings. The Bertz CT molecular complexity index is 1280. The lowest BCUT2D eigenvalue weighted by Crippen LogP contribution is -2.12. The van der Waals surface area contributed by atoms with Crippen LogP contribution in [0.15, 0.2) is 51.6 Å². The number of hydrogen-bond acceptors (Lipinski definition) is 9. The highest BCUT2D eigenvalue weighted by molar-refractivity contribution is 8.00. The van der Waals surface area contributed by atoms with E-state index in [0.29, 0.717) is 33.2 Å². The second kappa shape index (κ2) is 9.27. The summed E-state index contributed by atoms with van der Waals surface area (Å²) >= 11 is 2.85. The minimum absolute atomic E-state index is 0.257. The second-order valence-electron chi connectivity index (χ2n) is 6.57. The summed E-state index contributed by atoms with van der Waals surface area (Å²) < 4.78 is 5.48. The molecule has 0 radical (unpaired) electrons. The van der Waals surface area contributed by atoms with Crippen LogP contribution in [0.25, 0.3) is 10.9 Å². The Labute approximate surface area is 186 Å². The maximum atomic E-state index is 12.4. The number of hydrogen-bond donors (Lipinski definition) is 2. The fourth-order valence-corrected chi connectivity index (χ4v) is 4.54. The van der Waals surface area contributed by atoms with Crippen molar-refractivity contribution in [3.05, 3.63) is 69.8 Å². The van der Waals surface area contributed by atoms with Gasteiger partial charge in [-0.1, -0.05) is 42.2 Å². The molecule has 0 aliphatic carbocycles. The average molecular weight is 454 g/mol. The number of nitrogens with one attached hydrogen (secondary N) is 2. The van der Waals surface area contributed by atoms with Gasteiger partial charge in [-0.25, -0.2) is 9.78 Å². The molecule has 2 N–H and O–H groups in total. The predicted molar refractivity (Wildman–Crippen MR) is 122 cm³/mol. The molecular formula is C21H19N5O3S2. The molecule has 0 aliphatic heterocycles. The van der Waals surface area contributed by atoms with Gasteiger partial charge in [0.05, 0.1) is 29.3 Å². The second-order valence-corrected chi connectivity index (χ2v) is 8.77. The quantitative estimate of drug-likeness (QED) is 0.317. The number of benzene rings is 2. The maximum absolute atomic E-state index is 12.4. The van der Waals surface area contributed by atoms with E-state index in [1.807, 2.05) is 12.1 Å². The molecule has 0 atom stereocenters. The zero-order valence-electron chi connectivity index (χ0n) is 16.8. The van der Waals surface area contributed by atoms with Crippen molar-refractivity contribution in [2.24, 2.45) is 0 Å². The molecule has 2 heterocycles. The molecule has 4 rings (SSSR count). The predicted octanol–water partition coefficient (Wildman–Crippen LogP) is 4.16. The van der Waals surface area contributed by atoms with Crippen molar-refractivity contribution in [1.82, 2.24) is 20.2 Å². The molecule has 158 valence electrons. The molecule has 0 saturated heterocycles. The smallest absolute Gasteiger partial charge is 0.337 e. The van der Waals surface area contributed by atoms with Gasteiger partial charge in [0.2, 0.25) is 5.13 Å². The molecule has 0 spiro atoms. The number of H-pyrrole nitrogens is 1. The molecule has 0 unspecified atom stereocenters. The standard InChI is InChI=1S/C21H19N5O3S2/c1-3-12-4-7-14(8-5-12)22-20-25-26-21(31-20)30-11-17-23-16-10-13(19(28)29-2)6-9-15(16)18(27)24-17/h4-10H,3,11H2,1-2H3,(H,22,25)(H,23,24,27). The summed E-state index contributed by atoms with van der Waals surface area (Å²) in [6.45, 7) is 2.12. The number of ether oxygens (including phenoxy) is 1. The third kappa shape index (κ3) is 4.92. The molecule has 0 bridgehead atoms. The molecule has 31 heavy (non-hydrogen) atoms. The molecule has 4 aromatic rings. The minimum Gasteiger partial charge on any atom is -0.465 e. The van der Waals surface area contributed by atoms with Crippen LogP contribution in [0.5, 0.6) is 0 Å². The van der Waals surface area contributed by atoms with Crippen LogP contribution in [-0.2, 0) is 16.9 Å². The molecule has 0 saturated carbocycles. The summed E-state index contributed by atoms with van der Waals surface area (Å²) in [4.78, 5) is 31.4. The summed E-state index contributed by atoms with van der Waals surface area (Å²) in [5.41, 5.74) is 2.75. The van der Waals surface area contributed by atoms with E-state index in [-0.39, 0.29) is 5.56 Å². The minimum atomic E-state index is -0.474. The van der Waals surface area contributed by atoms with E-state index in [2.05, 4.69) is 44.5 Å². The summed E-state index contributed by atoms with van der Waals surface area (Å²) in [6.07, 6.45) is 0.995. The number of methoxy groups -OCH3 is 1. The van der Waals surface area contributed by atoms with E-state index in [1.165, 1.54) is 35.8 Å². The number of rotatable bonds is 7. The molecule has 8 nitrogen and oxygen atoms in total. The van der Waals surface area contributed by atoms with Crippen molar-refractivity contribution in [3.8, 4) is 0 Å². The van der Waals surface area contributed by atoms with Gasteiger partial charge in [-0.2, -0.15) is 0 Å². The number of anilines is 2. The van der Waals surface area contributed by atoms with Gasteiger partial charge >= 0.3 is 5.97 Å². The number of aromatic nitrogens is 4. The largest absolute Gasteiger partial charge is 0.465 e. The number of aromatic amines is 1. The van der Waals surface area contributed by atoms with Gasteiger partial charge in [0.25, 0.3) is 5.56 Å². The average Bonchev–Trinajstić information content (AvgIpc) is 3.24. The molecule has 0 fully saturated rings. The molecule has 2 aromatic carbocycles. The van der Waals surface area contributed by atoms with E-state index in [0.717, 1.165) is 16.4 Å². The van der Waals surface area contributed by atoms with E-state index < -0.39 is 5.97 Å². The number of aryl methyl sites for hydroxylation is 1. The van der Waals surface area contributed by atoms with Crippen molar-refractivity contribution in [2.75, 3.05) is 12.4 Å². The number of carbonyl (C=O) groups excluding carboxylic acids is 1. The van der Waals surface area contributed by atoms with Crippen LogP contribution in [-0.4, -0.2) is 33.2 Å².